The van der Waals surface area contributed by atoms with Crippen molar-refractivity contribution in [2.75, 3.05) is 0 Å². The second kappa shape index (κ2) is 5.64. The Morgan fingerprint density at radius 2 is 1.94 bits per heavy atom. The van der Waals surface area contributed by atoms with Gasteiger partial charge in [-0.1, -0.05) is 30.3 Å². The molecule has 0 spiro atoms. The van der Waals surface area contributed by atoms with Gasteiger partial charge in [0.25, 0.3) is 0 Å². The van der Waals surface area contributed by atoms with Gasteiger partial charge >= 0.3 is 5.97 Å². The maximum absolute atomic E-state index is 11.9. The summed E-state index contributed by atoms with van der Waals surface area (Å²) in [6.07, 6.45) is -0.876. The SMILES string of the molecule is C=C(C)C(=O)OC(C)C(=O)c1ccccc1Cl. The molecule has 0 aliphatic rings. The molecule has 0 saturated heterocycles. The van der Waals surface area contributed by atoms with Crippen LogP contribution in [0.25, 0.3) is 0 Å². The molecule has 0 radical (unpaired) electrons. The minimum absolute atomic E-state index is 0.254. The van der Waals surface area contributed by atoms with Crippen LogP contribution in [0.15, 0.2) is 36.4 Å². The molecule has 0 aromatic heterocycles. The van der Waals surface area contributed by atoms with Crippen LogP contribution in [0.1, 0.15) is 24.2 Å². The van der Waals surface area contributed by atoms with E-state index in [0.29, 0.717) is 10.6 Å². The maximum atomic E-state index is 11.9. The number of halogens is 1. The lowest BCUT2D eigenvalue weighted by Crippen LogP contribution is -2.24. The summed E-state index contributed by atoms with van der Waals surface area (Å²) in [4.78, 5) is 23.2. The average molecular weight is 253 g/mol. The molecule has 0 N–H and O–H groups in total. The van der Waals surface area contributed by atoms with E-state index in [4.69, 9.17) is 16.3 Å². The molecule has 1 rings (SSSR count). The first kappa shape index (κ1) is 13.5. The van der Waals surface area contributed by atoms with Gasteiger partial charge in [-0.05, 0) is 26.0 Å². The first-order valence-corrected chi connectivity index (χ1v) is 5.46. The van der Waals surface area contributed by atoms with Crippen LogP contribution in [-0.4, -0.2) is 17.9 Å². The van der Waals surface area contributed by atoms with E-state index in [1.54, 1.807) is 24.3 Å². The fraction of sp³-hybridized carbons (Fsp3) is 0.231. The number of Topliss-reactive ketones (excluding diaryl/α,β-unsaturated/α-hetero) is 1. The predicted octanol–water partition coefficient (Wildman–Crippen LogP) is 3.03. The summed E-state index contributed by atoms with van der Waals surface area (Å²) in [7, 11) is 0. The van der Waals surface area contributed by atoms with Crippen LogP contribution in [0.4, 0.5) is 0 Å². The first-order chi connectivity index (χ1) is 7.93. The van der Waals surface area contributed by atoms with Crippen molar-refractivity contribution in [2.24, 2.45) is 0 Å². The Morgan fingerprint density at radius 1 is 1.35 bits per heavy atom. The van der Waals surface area contributed by atoms with Crippen molar-refractivity contribution < 1.29 is 14.3 Å². The molecule has 0 heterocycles. The van der Waals surface area contributed by atoms with Gasteiger partial charge in [-0.15, -0.1) is 0 Å². The maximum Gasteiger partial charge on any atom is 0.333 e. The third kappa shape index (κ3) is 3.43. The van der Waals surface area contributed by atoms with Gasteiger partial charge in [-0.3, -0.25) is 4.79 Å². The van der Waals surface area contributed by atoms with Gasteiger partial charge < -0.3 is 4.74 Å². The lowest BCUT2D eigenvalue weighted by Gasteiger charge is -2.12. The van der Waals surface area contributed by atoms with Gasteiger partial charge in [0.15, 0.2) is 6.10 Å². The van der Waals surface area contributed by atoms with E-state index < -0.39 is 12.1 Å². The van der Waals surface area contributed by atoms with Crippen LogP contribution < -0.4 is 0 Å². The zero-order valence-corrected chi connectivity index (χ0v) is 10.5. The molecule has 0 aliphatic carbocycles. The molecule has 3 nitrogen and oxygen atoms in total. The van der Waals surface area contributed by atoms with Crippen molar-refractivity contribution in [3.8, 4) is 0 Å². The normalized spacial score (nSPS) is 11.7. The van der Waals surface area contributed by atoms with Gasteiger partial charge in [0.05, 0.1) is 5.02 Å². The van der Waals surface area contributed by atoms with Crippen molar-refractivity contribution in [2.45, 2.75) is 20.0 Å². The van der Waals surface area contributed by atoms with Gasteiger partial charge in [0.1, 0.15) is 0 Å². The topological polar surface area (TPSA) is 43.4 Å². The summed E-state index contributed by atoms with van der Waals surface area (Å²) in [5.74, 6) is -0.914. The number of esters is 1. The molecular formula is C13H13ClO3. The van der Waals surface area contributed by atoms with E-state index in [9.17, 15) is 9.59 Å². The van der Waals surface area contributed by atoms with Gasteiger partial charge in [0, 0.05) is 11.1 Å². The third-order valence-corrected chi connectivity index (χ3v) is 2.47. The van der Waals surface area contributed by atoms with Crippen LogP contribution >= 0.6 is 11.6 Å². The molecule has 1 atom stereocenters. The van der Waals surface area contributed by atoms with Crippen molar-refractivity contribution in [1.29, 1.82) is 0 Å². The minimum atomic E-state index is -0.876. The number of hydrogen-bond donors (Lipinski definition) is 0. The highest BCUT2D eigenvalue weighted by Gasteiger charge is 2.21. The quantitative estimate of drug-likeness (QED) is 0.470. The number of rotatable bonds is 4. The zero-order valence-electron chi connectivity index (χ0n) is 9.70. The van der Waals surface area contributed by atoms with Crippen LogP contribution in [0.2, 0.25) is 5.02 Å². The Kier molecular flexibility index (Phi) is 4.46. The van der Waals surface area contributed by atoms with Crippen molar-refractivity contribution in [3.05, 3.63) is 47.0 Å². The monoisotopic (exact) mass is 252 g/mol. The smallest absolute Gasteiger partial charge is 0.333 e. The molecule has 1 unspecified atom stereocenters. The largest absolute Gasteiger partial charge is 0.451 e. The Morgan fingerprint density at radius 3 is 2.47 bits per heavy atom. The van der Waals surface area contributed by atoms with Crippen molar-refractivity contribution >= 4 is 23.4 Å². The van der Waals surface area contributed by atoms with Crippen LogP contribution in [0.3, 0.4) is 0 Å². The highest BCUT2D eigenvalue weighted by Crippen LogP contribution is 2.18. The summed E-state index contributed by atoms with van der Waals surface area (Å²) in [6.45, 7) is 6.48. The molecule has 4 heteroatoms. The molecule has 0 amide bonds. The summed E-state index contributed by atoms with van der Waals surface area (Å²) >= 11 is 5.88. The average Bonchev–Trinajstić information content (AvgIpc) is 2.28. The number of carbonyl (C=O) groups excluding carboxylic acids is 2. The van der Waals surface area contributed by atoms with E-state index in [2.05, 4.69) is 6.58 Å². The van der Waals surface area contributed by atoms with E-state index in [-0.39, 0.29) is 11.4 Å². The summed E-state index contributed by atoms with van der Waals surface area (Å²) in [5.41, 5.74) is 0.597. The lowest BCUT2D eigenvalue weighted by atomic mass is 10.1. The van der Waals surface area contributed by atoms with E-state index in [1.165, 1.54) is 13.8 Å². The Bertz CT molecular complexity index is 465. The van der Waals surface area contributed by atoms with Gasteiger partial charge in [-0.2, -0.15) is 0 Å². The fourth-order valence-electron chi connectivity index (χ4n) is 1.19. The Labute approximate surface area is 105 Å². The second-order valence-corrected chi connectivity index (χ2v) is 4.08. The summed E-state index contributed by atoms with van der Waals surface area (Å²) < 4.78 is 4.94. The molecule has 90 valence electrons. The lowest BCUT2D eigenvalue weighted by molar-refractivity contribution is -0.141. The van der Waals surface area contributed by atoms with E-state index >= 15 is 0 Å². The number of ketones is 1. The number of carbonyl (C=O) groups is 2. The molecule has 1 aromatic rings. The molecule has 1 aromatic carbocycles. The van der Waals surface area contributed by atoms with Crippen molar-refractivity contribution in [1.82, 2.24) is 0 Å². The van der Waals surface area contributed by atoms with Crippen molar-refractivity contribution in [3.63, 3.8) is 0 Å². The number of ether oxygens (including phenoxy) is 1. The Hall–Kier alpha value is -1.61. The van der Waals surface area contributed by atoms with Crippen LogP contribution in [0, 0.1) is 0 Å². The van der Waals surface area contributed by atoms with E-state index in [1.807, 2.05) is 0 Å². The molecule has 17 heavy (non-hydrogen) atoms. The molecule has 0 bridgehead atoms. The van der Waals surface area contributed by atoms with E-state index in [0.717, 1.165) is 0 Å². The third-order valence-electron chi connectivity index (χ3n) is 2.14. The highest BCUT2D eigenvalue weighted by molar-refractivity contribution is 6.34. The van der Waals surface area contributed by atoms with Gasteiger partial charge in [-0.25, -0.2) is 4.79 Å². The summed E-state index contributed by atoms with van der Waals surface area (Å²) in [6, 6.07) is 6.63. The first-order valence-electron chi connectivity index (χ1n) is 5.08. The molecule has 0 saturated carbocycles. The number of benzene rings is 1. The highest BCUT2D eigenvalue weighted by atomic mass is 35.5. The molecule has 0 fully saturated rings. The van der Waals surface area contributed by atoms with Crippen LogP contribution in [0.5, 0.6) is 0 Å². The zero-order chi connectivity index (χ0) is 13.0. The predicted molar refractivity (Wildman–Crippen MR) is 66.2 cm³/mol. The fourth-order valence-corrected chi connectivity index (χ4v) is 1.42. The summed E-state index contributed by atoms with van der Waals surface area (Å²) in [5, 5.41) is 0.343. The Balaban J connectivity index is 2.81. The number of hydrogen-bond acceptors (Lipinski definition) is 3. The standard InChI is InChI=1S/C13H13ClO3/c1-8(2)13(16)17-9(3)12(15)10-6-4-5-7-11(10)14/h4-7,9H,1H2,2-3H3. The molecular weight excluding hydrogens is 240 g/mol. The van der Waals surface area contributed by atoms with Crippen LogP contribution in [-0.2, 0) is 9.53 Å². The molecule has 0 aliphatic heterocycles. The van der Waals surface area contributed by atoms with Gasteiger partial charge in [0.2, 0.25) is 5.78 Å². The second-order valence-electron chi connectivity index (χ2n) is 3.67. The minimum Gasteiger partial charge on any atom is -0.451 e.